The molecule has 2 aromatic rings. The van der Waals surface area contributed by atoms with Crippen molar-refractivity contribution in [3.63, 3.8) is 0 Å². The highest BCUT2D eigenvalue weighted by Crippen LogP contribution is 2.29. The highest BCUT2D eigenvalue weighted by molar-refractivity contribution is 5.95. The topological polar surface area (TPSA) is 94.4 Å². The number of nitro groups is 1. The Morgan fingerprint density at radius 3 is 2.30 bits per heavy atom. The minimum absolute atomic E-state index is 0.0345. The van der Waals surface area contributed by atoms with Crippen LogP contribution in [0.2, 0.25) is 0 Å². The van der Waals surface area contributed by atoms with Gasteiger partial charge in [0, 0.05) is 44.5 Å². The third-order valence-electron chi connectivity index (χ3n) is 5.17. The monoisotopic (exact) mass is 415 g/mol. The maximum atomic E-state index is 12.0. The lowest BCUT2D eigenvalue weighted by atomic mass is 10.1. The molecule has 0 amide bonds. The lowest BCUT2D eigenvalue weighted by Crippen LogP contribution is -2.46. The standard InChI is InChI=1S/C21H25N3O6/c1-28-19-7-4-15(12-20(19)29-2)14-22-8-10-23(11-9-22)16-5-6-18(24(26)27)17(13-16)21(25)30-3/h4-7,12-13H,8-11,14H2,1-3H3. The van der Waals surface area contributed by atoms with Crippen LogP contribution >= 0.6 is 0 Å². The van der Waals surface area contributed by atoms with E-state index in [4.69, 9.17) is 14.2 Å². The van der Waals surface area contributed by atoms with Gasteiger partial charge in [0.2, 0.25) is 0 Å². The van der Waals surface area contributed by atoms with Crippen LogP contribution in [-0.2, 0) is 11.3 Å². The Labute approximate surface area is 174 Å². The molecule has 1 fully saturated rings. The van der Waals surface area contributed by atoms with E-state index in [1.54, 1.807) is 20.3 Å². The van der Waals surface area contributed by atoms with Crippen LogP contribution in [0.15, 0.2) is 36.4 Å². The number of esters is 1. The molecule has 0 N–H and O–H groups in total. The number of carbonyl (C=O) groups excluding carboxylic acids is 1. The van der Waals surface area contributed by atoms with Gasteiger partial charge in [0.1, 0.15) is 5.56 Å². The number of hydrogen-bond donors (Lipinski definition) is 0. The number of benzene rings is 2. The number of nitro benzene ring substituents is 1. The van der Waals surface area contributed by atoms with E-state index in [2.05, 4.69) is 9.80 Å². The van der Waals surface area contributed by atoms with E-state index in [0.29, 0.717) is 11.5 Å². The Hall–Kier alpha value is -3.33. The van der Waals surface area contributed by atoms with E-state index in [1.165, 1.54) is 19.2 Å². The maximum Gasteiger partial charge on any atom is 0.344 e. The van der Waals surface area contributed by atoms with Gasteiger partial charge >= 0.3 is 5.97 Å². The van der Waals surface area contributed by atoms with E-state index < -0.39 is 10.9 Å². The molecule has 0 spiro atoms. The maximum absolute atomic E-state index is 12.0. The Balaban J connectivity index is 1.67. The van der Waals surface area contributed by atoms with Crippen LogP contribution in [-0.4, -0.2) is 63.3 Å². The van der Waals surface area contributed by atoms with Gasteiger partial charge < -0.3 is 19.1 Å². The highest BCUT2D eigenvalue weighted by Gasteiger charge is 2.24. The van der Waals surface area contributed by atoms with Gasteiger partial charge in [0.15, 0.2) is 11.5 Å². The number of carbonyl (C=O) groups is 1. The molecular formula is C21H25N3O6. The molecule has 3 rings (SSSR count). The molecule has 1 heterocycles. The molecule has 0 aromatic heterocycles. The van der Waals surface area contributed by atoms with Crippen molar-refractivity contribution in [2.75, 3.05) is 52.4 Å². The predicted octanol–water partition coefficient (Wildman–Crippen LogP) is 2.72. The SMILES string of the molecule is COC(=O)c1cc(N2CCN(Cc3ccc(OC)c(OC)c3)CC2)ccc1[N+](=O)[O-]. The average Bonchev–Trinajstić information content (AvgIpc) is 2.78. The van der Waals surface area contributed by atoms with Crippen LogP contribution in [0.5, 0.6) is 11.5 Å². The van der Waals surface area contributed by atoms with Crippen LogP contribution in [0.1, 0.15) is 15.9 Å². The quantitative estimate of drug-likeness (QED) is 0.387. The minimum atomic E-state index is -0.712. The molecular weight excluding hydrogens is 390 g/mol. The fourth-order valence-electron chi connectivity index (χ4n) is 3.55. The molecule has 1 aliphatic heterocycles. The van der Waals surface area contributed by atoms with Crippen molar-refractivity contribution in [1.82, 2.24) is 4.90 Å². The smallest absolute Gasteiger partial charge is 0.344 e. The van der Waals surface area contributed by atoms with Crippen molar-refractivity contribution < 1.29 is 23.9 Å². The summed E-state index contributed by atoms with van der Waals surface area (Å²) in [7, 11) is 4.44. The lowest BCUT2D eigenvalue weighted by Gasteiger charge is -2.36. The molecule has 0 bridgehead atoms. The van der Waals surface area contributed by atoms with E-state index in [0.717, 1.165) is 44.0 Å². The molecule has 2 aromatic carbocycles. The van der Waals surface area contributed by atoms with Gasteiger partial charge in [-0.3, -0.25) is 15.0 Å². The zero-order chi connectivity index (χ0) is 21.7. The summed E-state index contributed by atoms with van der Waals surface area (Å²) >= 11 is 0. The van der Waals surface area contributed by atoms with E-state index in [-0.39, 0.29) is 11.3 Å². The van der Waals surface area contributed by atoms with Crippen LogP contribution < -0.4 is 14.4 Å². The second-order valence-electron chi connectivity index (χ2n) is 6.90. The van der Waals surface area contributed by atoms with Gasteiger partial charge in [-0.25, -0.2) is 4.79 Å². The van der Waals surface area contributed by atoms with Gasteiger partial charge in [0.05, 0.1) is 26.3 Å². The molecule has 160 valence electrons. The van der Waals surface area contributed by atoms with E-state index >= 15 is 0 Å². The fourth-order valence-corrected chi connectivity index (χ4v) is 3.55. The summed E-state index contributed by atoms with van der Waals surface area (Å²) in [6.45, 7) is 3.90. The summed E-state index contributed by atoms with van der Waals surface area (Å²) in [6, 6.07) is 10.5. The van der Waals surface area contributed by atoms with Crippen LogP contribution in [0.4, 0.5) is 11.4 Å². The van der Waals surface area contributed by atoms with Crippen molar-refractivity contribution >= 4 is 17.3 Å². The Morgan fingerprint density at radius 1 is 1.00 bits per heavy atom. The summed E-state index contributed by atoms with van der Waals surface area (Å²) in [5, 5.41) is 11.2. The van der Waals surface area contributed by atoms with Gasteiger partial charge in [-0.15, -0.1) is 0 Å². The lowest BCUT2D eigenvalue weighted by molar-refractivity contribution is -0.385. The number of piperazine rings is 1. The Kier molecular flexibility index (Phi) is 6.73. The summed E-state index contributed by atoms with van der Waals surface area (Å²) in [6.07, 6.45) is 0. The molecule has 1 saturated heterocycles. The predicted molar refractivity (Wildman–Crippen MR) is 111 cm³/mol. The first-order valence-corrected chi connectivity index (χ1v) is 9.51. The number of nitrogens with zero attached hydrogens (tertiary/aromatic N) is 3. The van der Waals surface area contributed by atoms with E-state index in [1.807, 2.05) is 18.2 Å². The largest absolute Gasteiger partial charge is 0.493 e. The van der Waals surface area contributed by atoms with Crippen LogP contribution in [0.25, 0.3) is 0 Å². The summed E-state index contributed by atoms with van der Waals surface area (Å²) < 4.78 is 15.4. The van der Waals surface area contributed by atoms with Crippen molar-refractivity contribution in [2.45, 2.75) is 6.54 Å². The first-order valence-electron chi connectivity index (χ1n) is 9.51. The number of methoxy groups -OCH3 is 3. The summed E-state index contributed by atoms with van der Waals surface area (Å²) in [5.74, 6) is 0.691. The number of anilines is 1. The number of ether oxygens (including phenoxy) is 3. The second kappa shape index (κ2) is 9.45. The molecule has 30 heavy (non-hydrogen) atoms. The number of rotatable bonds is 7. The zero-order valence-electron chi connectivity index (χ0n) is 17.3. The fraction of sp³-hybridized carbons (Fsp3) is 0.381. The minimum Gasteiger partial charge on any atom is -0.493 e. The number of hydrogen-bond acceptors (Lipinski definition) is 8. The van der Waals surface area contributed by atoms with Gasteiger partial charge in [-0.05, 0) is 29.8 Å². The summed E-state index contributed by atoms with van der Waals surface area (Å²) in [4.78, 5) is 27.0. The molecule has 0 unspecified atom stereocenters. The molecule has 9 heteroatoms. The molecule has 0 atom stereocenters. The first-order chi connectivity index (χ1) is 14.5. The third-order valence-corrected chi connectivity index (χ3v) is 5.17. The van der Waals surface area contributed by atoms with Crippen molar-refractivity contribution in [2.24, 2.45) is 0 Å². The normalized spacial score (nSPS) is 14.3. The molecule has 1 aliphatic rings. The van der Waals surface area contributed by atoms with Crippen LogP contribution in [0, 0.1) is 10.1 Å². The van der Waals surface area contributed by atoms with Crippen molar-refractivity contribution in [3.8, 4) is 11.5 Å². The average molecular weight is 415 g/mol. The first kappa shape index (κ1) is 21.4. The molecule has 0 saturated carbocycles. The van der Waals surface area contributed by atoms with E-state index in [9.17, 15) is 14.9 Å². The highest BCUT2D eigenvalue weighted by atomic mass is 16.6. The van der Waals surface area contributed by atoms with Crippen molar-refractivity contribution in [1.29, 1.82) is 0 Å². The Morgan fingerprint density at radius 2 is 1.70 bits per heavy atom. The third kappa shape index (κ3) is 4.62. The molecule has 0 radical (unpaired) electrons. The van der Waals surface area contributed by atoms with Gasteiger partial charge in [0.25, 0.3) is 5.69 Å². The molecule has 9 nitrogen and oxygen atoms in total. The molecule has 0 aliphatic carbocycles. The summed E-state index contributed by atoms with van der Waals surface area (Å²) in [5.41, 5.74) is 1.61. The van der Waals surface area contributed by atoms with Gasteiger partial charge in [-0.2, -0.15) is 0 Å². The second-order valence-corrected chi connectivity index (χ2v) is 6.90. The zero-order valence-corrected chi connectivity index (χ0v) is 17.3. The van der Waals surface area contributed by atoms with Gasteiger partial charge in [-0.1, -0.05) is 6.07 Å². The Bertz CT molecular complexity index is 925. The van der Waals surface area contributed by atoms with Crippen LogP contribution in [0.3, 0.4) is 0 Å². The van der Waals surface area contributed by atoms with Crippen molar-refractivity contribution in [3.05, 3.63) is 57.6 Å².